The van der Waals surface area contributed by atoms with Crippen LogP contribution in [0.5, 0.6) is 11.5 Å². The molecule has 2 aromatic rings. The first kappa shape index (κ1) is 18.9. The number of hydrogen-bond acceptors (Lipinski definition) is 4. The second kappa shape index (κ2) is 8.68. The smallest absolute Gasteiger partial charge is 0.320 e. The van der Waals surface area contributed by atoms with Crippen LogP contribution in [0.25, 0.3) is 0 Å². The molecular formula is C21H24N2O4. The molecule has 1 unspecified atom stereocenters. The fourth-order valence-electron chi connectivity index (χ4n) is 3.27. The minimum absolute atomic E-state index is 0.0819. The van der Waals surface area contributed by atoms with E-state index in [-0.39, 0.29) is 12.5 Å². The number of likely N-dealkylation sites (tertiary alicyclic amines) is 1. The number of rotatable bonds is 6. The van der Waals surface area contributed by atoms with E-state index in [4.69, 9.17) is 4.74 Å². The number of ether oxygens (including phenoxy) is 1. The van der Waals surface area contributed by atoms with Gasteiger partial charge in [-0.25, -0.2) is 0 Å². The number of carbonyl (C=O) groups is 2. The summed E-state index contributed by atoms with van der Waals surface area (Å²) in [4.78, 5) is 25.3. The number of aliphatic carboxylic acids is 1. The summed E-state index contributed by atoms with van der Waals surface area (Å²) in [7, 11) is 0. The monoisotopic (exact) mass is 368 g/mol. The fraction of sp³-hybridized carbons (Fsp3) is 0.333. The van der Waals surface area contributed by atoms with Crippen molar-refractivity contribution in [3.63, 3.8) is 0 Å². The van der Waals surface area contributed by atoms with E-state index in [0.29, 0.717) is 24.4 Å². The predicted octanol–water partition coefficient (Wildman–Crippen LogP) is 3.66. The highest BCUT2D eigenvalue weighted by Gasteiger charge is 2.29. The molecule has 1 aliphatic rings. The lowest BCUT2D eigenvalue weighted by Crippen LogP contribution is -2.47. The van der Waals surface area contributed by atoms with Crippen LogP contribution in [0.1, 0.15) is 24.8 Å². The quantitative estimate of drug-likeness (QED) is 0.813. The summed E-state index contributed by atoms with van der Waals surface area (Å²) in [6.45, 7) is 2.72. The van der Waals surface area contributed by atoms with Gasteiger partial charge in [-0.2, -0.15) is 0 Å². The number of nitrogens with one attached hydrogen (secondary N) is 1. The molecule has 1 saturated heterocycles. The van der Waals surface area contributed by atoms with Crippen molar-refractivity contribution >= 4 is 17.6 Å². The van der Waals surface area contributed by atoms with Crippen LogP contribution < -0.4 is 10.1 Å². The molecular weight excluding hydrogens is 344 g/mol. The van der Waals surface area contributed by atoms with Gasteiger partial charge >= 0.3 is 5.97 Å². The molecule has 0 aromatic heterocycles. The zero-order valence-electron chi connectivity index (χ0n) is 15.4. The van der Waals surface area contributed by atoms with Gasteiger partial charge in [0.15, 0.2) is 0 Å². The third kappa shape index (κ3) is 5.31. The Balaban J connectivity index is 1.56. The summed E-state index contributed by atoms with van der Waals surface area (Å²) in [5, 5.41) is 12.1. The number of anilines is 1. The molecule has 6 nitrogen and oxygen atoms in total. The second-order valence-corrected chi connectivity index (χ2v) is 6.81. The maximum Gasteiger partial charge on any atom is 0.320 e. The molecule has 3 rings (SSSR count). The van der Waals surface area contributed by atoms with Crippen molar-refractivity contribution in [2.24, 2.45) is 0 Å². The molecule has 1 fully saturated rings. The van der Waals surface area contributed by atoms with Crippen molar-refractivity contribution in [3.8, 4) is 11.5 Å². The van der Waals surface area contributed by atoms with E-state index in [0.717, 1.165) is 24.2 Å². The summed E-state index contributed by atoms with van der Waals surface area (Å²) in [5.41, 5.74) is 1.77. The predicted molar refractivity (Wildman–Crippen MR) is 103 cm³/mol. The minimum atomic E-state index is -0.861. The number of carboxylic acid groups (broad SMARTS) is 1. The maximum absolute atomic E-state index is 12.3. The molecule has 0 spiro atoms. The largest absolute Gasteiger partial charge is 0.480 e. The molecule has 0 bridgehead atoms. The summed E-state index contributed by atoms with van der Waals surface area (Å²) < 4.78 is 5.79. The van der Waals surface area contributed by atoms with Gasteiger partial charge in [-0.05, 0) is 68.3 Å². The van der Waals surface area contributed by atoms with Crippen molar-refractivity contribution in [1.82, 2.24) is 4.90 Å². The Bertz CT molecular complexity index is 804. The fourth-order valence-corrected chi connectivity index (χ4v) is 3.27. The normalized spacial score (nSPS) is 17.3. The summed E-state index contributed by atoms with van der Waals surface area (Å²) in [6.07, 6.45) is 2.40. The third-order valence-corrected chi connectivity index (χ3v) is 4.61. The molecule has 142 valence electrons. The van der Waals surface area contributed by atoms with Crippen LogP contribution in [0.2, 0.25) is 0 Å². The molecule has 1 heterocycles. The van der Waals surface area contributed by atoms with Gasteiger partial charge in [0.05, 0.1) is 6.54 Å². The lowest BCUT2D eigenvalue weighted by Gasteiger charge is -2.32. The van der Waals surface area contributed by atoms with E-state index in [1.807, 2.05) is 31.2 Å². The Morgan fingerprint density at radius 1 is 1.15 bits per heavy atom. The number of piperidine rings is 1. The van der Waals surface area contributed by atoms with Crippen LogP contribution in [-0.4, -0.2) is 41.0 Å². The zero-order chi connectivity index (χ0) is 19.2. The summed E-state index contributed by atoms with van der Waals surface area (Å²) >= 11 is 0. The van der Waals surface area contributed by atoms with Gasteiger partial charge in [-0.15, -0.1) is 0 Å². The molecule has 0 saturated carbocycles. The maximum atomic E-state index is 12.3. The van der Waals surface area contributed by atoms with Crippen molar-refractivity contribution in [1.29, 1.82) is 0 Å². The van der Waals surface area contributed by atoms with Gasteiger partial charge in [-0.3, -0.25) is 14.5 Å². The van der Waals surface area contributed by atoms with Gasteiger partial charge in [0.1, 0.15) is 17.5 Å². The Kier molecular flexibility index (Phi) is 6.08. The summed E-state index contributed by atoms with van der Waals surface area (Å²) in [5.74, 6) is 0.368. The highest BCUT2D eigenvalue weighted by Crippen LogP contribution is 2.24. The molecule has 2 N–H and O–H groups in total. The molecule has 1 atom stereocenters. The van der Waals surface area contributed by atoms with Gasteiger partial charge < -0.3 is 15.2 Å². The molecule has 1 amide bonds. The van der Waals surface area contributed by atoms with Gasteiger partial charge in [-0.1, -0.05) is 18.6 Å². The van der Waals surface area contributed by atoms with Crippen LogP contribution in [0.4, 0.5) is 5.69 Å². The van der Waals surface area contributed by atoms with Crippen molar-refractivity contribution in [2.75, 3.05) is 18.4 Å². The van der Waals surface area contributed by atoms with E-state index < -0.39 is 12.0 Å². The average Bonchev–Trinajstić information content (AvgIpc) is 2.63. The topological polar surface area (TPSA) is 78.9 Å². The minimum Gasteiger partial charge on any atom is -0.480 e. The first-order chi connectivity index (χ1) is 13.0. The number of carbonyl (C=O) groups excluding carboxylic acids is 1. The number of hydrogen-bond donors (Lipinski definition) is 2. The van der Waals surface area contributed by atoms with E-state index in [1.54, 1.807) is 29.2 Å². The SMILES string of the molecule is Cc1cccc(Oc2ccc(NC(=O)CN3CCCCC3C(=O)O)cc2)c1. The molecule has 2 aromatic carbocycles. The Labute approximate surface area is 158 Å². The van der Waals surface area contributed by atoms with Crippen LogP contribution >= 0.6 is 0 Å². The highest BCUT2D eigenvalue weighted by atomic mass is 16.5. The number of aryl methyl sites for hydroxylation is 1. The van der Waals surface area contributed by atoms with Crippen LogP contribution in [0, 0.1) is 6.92 Å². The number of benzene rings is 2. The van der Waals surface area contributed by atoms with Crippen molar-refractivity contribution in [3.05, 3.63) is 54.1 Å². The average molecular weight is 368 g/mol. The summed E-state index contributed by atoms with van der Waals surface area (Å²) in [6, 6.07) is 14.3. The van der Waals surface area contributed by atoms with Gasteiger partial charge in [0, 0.05) is 5.69 Å². The Morgan fingerprint density at radius 2 is 1.93 bits per heavy atom. The standard InChI is InChI=1S/C21H24N2O4/c1-15-5-4-6-18(13-15)27-17-10-8-16(9-11-17)22-20(24)14-23-12-3-2-7-19(23)21(25)26/h4-6,8-11,13,19H,2-3,7,12,14H2,1H3,(H,22,24)(H,25,26). The van der Waals surface area contributed by atoms with E-state index in [1.165, 1.54) is 0 Å². The van der Waals surface area contributed by atoms with Gasteiger partial charge in [0.25, 0.3) is 0 Å². The highest BCUT2D eigenvalue weighted by molar-refractivity contribution is 5.92. The van der Waals surface area contributed by atoms with Crippen LogP contribution in [0.3, 0.4) is 0 Å². The molecule has 1 aliphatic heterocycles. The van der Waals surface area contributed by atoms with Crippen molar-refractivity contribution < 1.29 is 19.4 Å². The lowest BCUT2D eigenvalue weighted by molar-refractivity contribution is -0.145. The molecule has 0 radical (unpaired) electrons. The van der Waals surface area contributed by atoms with E-state index >= 15 is 0 Å². The number of amides is 1. The van der Waals surface area contributed by atoms with E-state index in [2.05, 4.69) is 5.32 Å². The van der Waals surface area contributed by atoms with Crippen LogP contribution in [-0.2, 0) is 9.59 Å². The number of carboxylic acids is 1. The third-order valence-electron chi connectivity index (χ3n) is 4.61. The van der Waals surface area contributed by atoms with Gasteiger partial charge in [0.2, 0.25) is 5.91 Å². The molecule has 27 heavy (non-hydrogen) atoms. The first-order valence-electron chi connectivity index (χ1n) is 9.12. The Hall–Kier alpha value is -2.86. The molecule has 0 aliphatic carbocycles. The van der Waals surface area contributed by atoms with E-state index in [9.17, 15) is 14.7 Å². The number of nitrogens with zero attached hydrogens (tertiary/aromatic N) is 1. The van der Waals surface area contributed by atoms with Crippen LogP contribution in [0.15, 0.2) is 48.5 Å². The lowest BCUT2D eigenvalue weighted by atomic mass is 10.0. The zero-order valence-corrected chi connectivity index (χ0v) is 15.4. The Morgan fingerprint density at radius 3 is 2.63 bits per heavy atom. The van der Waals surface area contributed by atoms with Crippen molar-refractivity contribution in [2.45, 2.75) is 32.2 Å². The second-order valence-electron chi connectivity index (χ2n) is 6.81. The first-order valence-corrected chi connectivity index (χ1v) is 9.12. The molecule has 6 heteroatoms.